The highest BCUT2D eigenvalue weighted by Crippen LogP contribution is 2.33. The molecule has 2 saturated heterocycles. The van der Waals surface area contributed by atoms with Gasteiger partial charge in [-0.3, -0.25) is 14.5 Å². The number of ether oxygens (including phenoxy) is 1. The van der Waals surface area contributed by atoms with Crippen molar-refractivity contribution in [3.8, 4) is 11.3 Å². The lowest BCUT2D eigenvalue weighted by Gasteiger charge is -2.27. The summed E-state index contributed by atoms with van der Waals surface area (Å²) >= 11 is 6.66. The number of thiocarbonyl (C=S) groups is 1. The van der Waals surface area contributed by atoms with Gasteiger partial charge in [-0.1, -0.05) is 36.5 Å². The van der Waals surface area contributed by atoms with Gasteiger partial charge in [-0.2, -0.15) is 0 Å². The first kappa shape index (κ1) is 24.3. The molecule has 178 valence electrons. The minimum absolute atomic E-state index is 0.128. The van der Waals surface area contributed by atoms with E-state index in [1.54, 1.807) is 11.0 Å². The zero-order chi connectivity index (χ0) is 23.9. The number of aromatic nitrogens is 2. The summed E-state index contributed by atoms with van der Waals surface area (Å²) in [4.78, 5) is 37.1. The van der Waals surface area contributed by atoms with E-state index in [4.69, 9.17) is 27.0 Å². The molecule has 0 aliphatic carbocycles. The number of hydrogen-bond acceptors (Lipinski definition) is 8. The molecule has 8 nitrogen and oxygen atoms in total. The number of anilines is 1. The molecule has 0 bridgehead atoms. The smallest absolute Gasteiger partial charge is 0.303 e. The number of carbonyl (C=O) groups excluding carboxylic acids is 1. The summed E-state index contributed by atoms with van der Waals surface area (Å²) in [6.45, 7) is 3.59. The number of nitrogens with zero attached hydrogens (tertiary/aromatic N) is 4. The van der Waals surface area contributed by atoms with Gasteiger partial charge in [0.05, 0.1) is 29.5 Å². The third-order valence-electron chi connectivity index (χ3n) is 5.57. The number of carboxylic acid groups (broad SMARTS) is 1. The van der Waals surface area contributed by atoms with Crippen molar-refractivity contribution >= 4 is 52.1 Å². The average molecular weight is 499 g/mol. The quantitative estimate of drug-likeness (QED) is 0.314. The number of hydrogen-bond donors (Lipinski definition) is 1. The largest absolute Gasteiger partial charge is 0.481 e. The number of carbonyl (C=O) groups is 2. The van der Waals surface area contributed by atoms with E-state index in [1.807, 2.05) is 36.5 Å². The van der Waals surface area contributed by atoms with Gasteiger partial charge >= 0.3 is 5.97 Å². The number of pyridine rings is 2. The van der Waals surface area contributed by atoms with Gasteiger partial charge in [0.1, 0.15) is 10.1 Å². The zero-order valence-electron chi connectivity index (χ0n) is 18.7. The standard InChI is InChI=1S/C24H26N4O4S2/c29-22(30)7-2-1-3-10-28-23(31)20(34-24(28)33)15-18-5-4-6-19(26-18)17-8-9-21(25-16-17)27-11-13-32-14-12-27/h4-6,8-9,15-16H,1-3,7,10-14H2,(H,29,30)/b20-15-. The maximum Gasteiger partial charge on any atom is 0.303 e. The molecule has 2 aromatic heterocycles. The summed E-state index contributed by atoms with van der Waals surface area (Å²) in [7, 11) is 0. The van der Waals surface area contributed by atoms with E-state index in [0.29, 0.717) is 47.5 Å². The molecular formula is C24H26N4O4S2. The summed E-state index contributed by atoms with van der Waals surface area (Å²) in [5.41, 5.74) is 2.36. The zero-order valence-corrected chi connectivity index (χ0v) is 20.3. The Balaban J connectivity index is 1.40. The molecule has 34 heavy (non-hydrogen) atoms. The van der Waals surface area contributed by atoms with Crippen LogP contribution in [-0.2, 0) is 14.3 Å². The molecule has 1 amide bonds. The van der Waals surface area contributed by atoms with Crippen molar-refractivity contribution in [3.05, 3.63) is 47.1 Å². The molecule has 10 heteroatoms. The van der Waals surface area contributed by atoms with Crippen LogP contribution in [0.5, 0.6) is 0 Å². The van der Waals surface area contributed by atoms with Gasteiger partial charge in [0.2, 0.25) is 0 Å². The van der Waals surface area contributed by atoms with E-state index in [9.17, 15) is 9.59 Å². The third-order valence-corrected chi connectivity index (χ3v) is 6.95. The van der Waals surface area contributed by atoms with Gasteiger partial charge in [-0.25, -0.2) is 9.97 Å². The van der Waals surface area contributed by atoms with E-state index in [2.05, 4.69) is 9.88 Å². The Kier molecular flexibility index (Phi) is 8.25. The summed E-state index contributed by atoms with van der Waals surface area (Å²) < 4.78 is 5.92. The third kappa shape index (κ3) is 6.19. The number of rotatable bonds is 9. The van der Waals surface area contributed by atoms with Crippen LogP contribution in [0.1, 0.15) is 31.4 Å². The number of thioether (sulfide) groups is 1. The first-order valence-electron chi connectivity index (χ1n) is 11.2. The highest BCUT2D eigenvalue weighted by molar-refractivity contribution is 8.26. The Bertz CT molecular complexity index is 1080. The lowest BCUT2D eigenvalue weighted by atomic mass is 10.1. The maximum absolute atomic E-state index is 12.8. The first-order valence-corrected chi connectivity index (χ1v) is 12.5. The number of amides is 1. The fourth-order valence-corrected chi connectivity index (χ4v) is 5.05. The molecule has 2 fully saturated rings. The monoisotopic (exact) mass is 498 g/mol. The van der Waals surface area contributed by atoms with Crippen molar-refractivity contribution in [3.63, 3.8) is 0 Å². The fourth-order valence-electron chi connectivity index (χ4n) is 3.76. The molecule has 0 aromatic carbocycles. The van der Waals surface area contributed by atoms with Crippen LogP contribution in [0.3, 0.4) is 0 Å². The SMILES string of the molecule is O=C(O)CCCCCN1C(=O)/C(=C/c2cccc(-c3ccc(N4CCOCC4)nc3)n2)SC1=S. The summed E-state index contributed by atoms with van der Waals surface area (Å²) in [5.74, 6) is -0.00101. The molecule has 4 rings (SSSR count). The van der Waals surface area contributed by atoms with Crippen molar-refractivity contribution in [1.82, 2.24) is 14.9 Å². The van der Waals surface area contributed by atoms with E-state index < -0.39 is 5.97 Å². The van der Waals surface area contributed by atoms with Crippen LogP contribution in [0.25, 0.3) is 17.3 Å². The molecule has 0 unspecified atom stereocenters. The predicted octanol–water partition coefficient (Wildman–Crippen LogP) is 3.83. The first-order chi connectivity index (χ1) is 16.5. The molecule has 0 spiro atoms. The van der Waals surface area contributed by atoms with Gasteiger partial charge in [-0.05, 0) is 43.2 Å². The van der Waals surface area contributed by atoms with Crippen LogP contribution < -0.4 is 4.90 Å². The van der Waals surface area contributed by atoms with Crippen LogP contribution in [0.15, 0.2) is 41.4 Å². The lowest BCUT2D eigenvalue weighted by molar-refractivity contribution is -0.137. The lowest BCUT2D eigenvalue weighted by Crippen LogP contribution is -2.36. The van der Waals surface area contributed by atoms with Crippen LogP contribution in [-0.4, -0.2) is 69.0 Å². The Morgan fingerprint density at radius 3 is 2.74 bits per heavy atom. The Morgan fingerprint density at radius 2 is 2.00 bits per heavy atom. The van der Waals surface area contributed by atoms with E-state index in [0.717, 1.165) is 36.6 Å². The van der Waals surface area contributed by atoms with Crippen LogP contribution >= 0.6 is 24.0 Å². The molecular weight excluding hydrogens is 472 g/mol. The van der Waals surface area contributed by atoms with Crippen LogP contribution in [0, 0.1) is 0 Å². The second-order valence-electron chi connectivity index (χ2n) is 7.99. The minimum atomic E-state index is -0.799. The Morgan fingerprint density at radius 1 is 1.18 bits per heavy atom. The maximum atomic E-state index is 12.8. The molecule has 0 saturated carbocycles. The van der Waals surface area contributed by atoms with Crippen molar-refractivity contribution in [1.29, 1.82) is 0 Å². The van der Waals surface area contributed by atoms with Gasteiger partial charge in [0.15, 0.2) is 0 Å². The number of carboxylic acids is 1. The number of morpholine rings is 1. The highest BCUT2D eigenvalue weighted by Gasteiger charge is 2.31. The molecule has 4 heterocycles. The minimum Gasteiger partial charge on any atom is -0.481 e. The average Bonchev–Trinajstić information content (AvgIpc) is 3.11. The van der Waals surface area contributed by atoms with E-state index in [-0.39, 0.29) is 12.3 Å². The molecule has 2 aliphatic rings. The second kappa shape index (κ2) is 11.5. The predicted molar refractivity (Wildman–Crippen MR) is 136 cm³/mol. The van der Waals surface area contributed by atoms with Crippen molar-refractivity contribution in [2.75, 3.05) is 37.7 Å². The van der Waals surface area contributed by atoms with Crippen LogP contribution in [0.2, 0.25) is 0 Å². The van der Waals surface area contributed by atoms with Crippen molar-refractivity contribution in [2.24, 2.45) is 0 Å². The van der Waals surface area contributed by atoms with Gasteiger partial charge in [0, 0.05) is 37.8 Å². The normalized spacial score (nSPS) is 17.6. The molecule has 0 atom stereocenters. The van der Waals surface area contributed by atoms with Crippen molar-refractivity contribution in [2.45, 2.75) is 25.7 Å². The Hall–Kier alpha value is -2.82. The van der Waals surface area contributed by atoms with Crippen LogP contribution in [0.4, 0.5) is 5.82 Å². The highest BCUT2D eigenvalue weighted by atomic mass is 32.2. The fraction of sp³-hybridized carbons (Fsp3) is 0.375. The number of aliphatic carboxylic acids is 1. The van der Waals surface area contributed by atoms with E-state index >= 15 is 0 Å². The number of unbranched alkanes of at least 4 members (excludes halogenated alkanes) is 2. The Labute approximate surface area is 208 Å². The summed E-state index contributed by atoms with van der Waals surface area (Å²) in [5, 5.41) is 8.73. The van der Waals surface area contributed by atoms with Gasteiger partial charge in [-0.15, -0.1) is 0 Å². The van der Waals surface area contributed by atoms with Gasteiger partial charge < -0.3 is 14.7 Å². The molecule has 1 N–H and O–H groups in total. The summed E-state index contributed by atoms with van der Waals surface area (Å²) in [6, 6.07) is 9.69. The topological polar surface area (TPSA) is 95.9 Å². The summed E-state index contributed by atoms with van der Waals surface area (Å²) in [6.07, 6.45) is 5.78. The molecule has 0 radical (unpaired) electrons. The molecule has 2 aromatic rings. The molecule has 2 aliphatic heterocycles. The van der Waals surface area contributed by atoms with Gasteiger partial charge in [0.25, 0.3) is 5.91 Å². The van der Waals surface area contributed by atoms with E-state index in [1.165, 1.54) is 11.8 Å². The second-order valence-corrected chi connectivity index (χ2v) is 9.67. The van der Waals surface area contributed by atoms with Crippen molar-refractivity contribution < 1.29 is 19.4 Å².